The minimum atomic E-state index is 0.526. The van der Waals surface area contributed by atoms with Gasteiger partial charge in [-0.05, 0) is 17.9 Å². The van der Waals surface area contributed by atoms with Crippen molar-refractivity contribution in [2.24, 2.45) is 4.99 Å². The molecule has 0 aromatic carbocycles. The first-order chi connectivity index (χ1) is 10.8. The molecule has 0 spiro atoms. The first kappa shape index (κ1) is 15.6. The van der Waals surface area contributed by atoms with Crippen LogP contribution in [0.3, 0.4) is 0 Å². The number of nitrogens with zero attached hydrogens (tertiary/aromatic N) is 3. The van der Waals surface area contributed by atoms with Crippen LogP contribution in [0.1, 0.15) is 24.1 Å². The van der Waals surface area contributed by atoms with Crippen LogP contribution in [-0.4, -0.2) is 61.6 Å². The molecular weight excluding hydrogens is 292 g/mol. The van der Waals surface area contributed by atoms with E-state index in [0.29, 0.717) is 12.0 Å². The molecule has 22 heavy (non-hydrogen) atoms. The molecule has 3 heterocycles. The van der Waals surface area contributed by atoms with E-state index in [0.717, 1.165) is 38.7 Å². The van der Waals surface area contributed by atoms with Gasteiger partial charge in [-0.1, -0.05) is 25.1 Å². The van der Waals surface area contributed by atoms with Crippen LogP contribution in [0.2, 0.25) is 0 Å². The molecule has 2 atom stereocenters. The highest BCUT2D eigenvalue weighted by Crippen LogP contribution is 2.21. The minimum Gasteiger partial charge on any atom is -0.356 e. The molecule has 3 rings (SSSR count). The number of aliphatic imine (C=N–C) groups is 1. The Hall–Kier alpha value is -1.33. The Morgan fingerprint density at radius 1 is 1.45 bits per heavy atom. The lowest BCUT2D eigenvalue weighted by atomic mass is 10.1. The number of guanidine groups is 1. The SMILES string of the molecule is CN=C(NCC(C)c1cccs1)N1CCC(N2CC=CC2)C1. The smallest absolute Gasteiger partial charge is 0.193 e. The molecule has 0 amide bonds. The van der Waals surface area contributed by atoms with Crippen LogP contribution in [0.15, 0.2) is 34.7 Å². The second kappa shape index (κ2) is 7.29. The molecule has 5 heteroatoms. The van der Waals surface area contributed by atoms with E-state index in [1.54, 1.807) is 0 Å². The Kier molecular flexibility index (Phi) is 5.16. The summed E-state index contributed by atoms with van der Waals surface area (Å²) in [7, 11) is 1.89. The van der Waals surface area contributed by atoms with Crippen molar-refractivity contribution in [1.82, 2.24) is 15.1 Å². The van der Waals surface area contributed by atoms with Crippen molar-refractivity contribution in [3.63, 3.8) is 0 Å². The van der Waals surface area contributed by atoms with Gasteiger partial charge in [0.25, 0.3) is 0 Å². The maximum atomic E-state index is 4.49. The van der Waals surface area contributed by atoms with Gasteiger partial charge in [-0.2, -0.15) is 0 Å². The van der Waals surface area contributed by atoms with E-state index in [2.05, 4.69) is 56.7 Å². The lowest BCUT2D eigenvalue weighted by molar-refractivity contribution is 0.259. The number of rotatable bonds is 4. The number of thiophene rings is 1. The summed E-state index contributed by atoms with van der Waals surface area (Å²) in [6, 6.07) is 5.01. The van der Waals surface area contributed by atoms with Crippen LogP contribution in [-0.2, 0) is 0 Å². The fraction of sp³-hybridized carbons (Fsp3) is 0.588. The summed E-state index contributed by atoms with van der Waals surface area (Å²) in [6.07, 6.45) is 5.79. The standard InChI is InChI=1S/C17H26N4S/c1-14(16-6-5-11-22-16)12-19-17(18-2)21-10-7-15(13-21)20-8-3-4-9-20/h3-6,11,14-15H,7-10,12-13H2,1-2H3,(H,18,19). The van der Waals surface area contributed by atoms with E-state index in [-0.39, 0.29) is 0 Å². The Labute approximate surface area is 137 Å². The lowest BCUT2D eigenvalue weighted by Crippen LogP contribution is -2.43. The molecule has 120 valence electrons. The maximum absolute atomic E-state index is 4.49. The highest BCUT2D eigenvalue weighted by atomic mass is 32.1. The molecule has 0 saturated carbocycles. The summed E-state index contributed by atoms with van der Waals surface area (Å²) in [5.74, 6) is 1.58. The zero-order chi connectivity index (χ0) is 15.4. The van der Waals surface area contributed by atoms with Gasteiger partial charge in [0, 0.05) is 56.6 Å². The van der Waals surface area contributed by atoms with Gasteiger partial charge in [-0.25, -0.2) is 0 Å². The van der Waals surface area contributed by atoms with Crippen LogP contribution >= 0.6 is 11.3 Å². The van der Waals surface area contributed by atoms with E-state index in [1.807, 2.05) is 18.4 Å². The van der Waals surface area contributed by atoms with Gasteiger partial charge in [-0.15, -0.1) is 11.3 Å². The molecule has 0 aliphatic carbocycles. The quantitative estimate of drug-likeness (QED) is 0.525. The molecule has 4 nitrogen and oxygen atoms in total. The molecular formula is C17H26N4S. The second-order valence-corrected chi connectivity index (χ2v) is 7.14. The van der Waals surface area contributed by atoms with Gasteiger partial charge in [-0.3, -0.25) is 9.89 Å². The van der Waals surface area contributed by atoms with Crippen molar-refractivity contribution < 1.29 is 0 Å². The van der Waals surface area contributed by atoms with E-state index in [1.165, 1.54) is 11.3 Å². The van der Waals surface area contributed by atoms with Crippen molar-refractivity contribution >= 4 is 17.3 Å². The summed E-state index contributed by atoms with van der Waals surface area (Å²) in [5, 5.41) is 5.71. The van der Waals surface area contributed by atoms with Crippen molar-refractivity contribution in [3.8, 4) is 0 Å². The van der Waals surface area contributed by atoms with Crippen LogP contribution in [0.4, 0.5) is 0 Å². The third kappa shape index (κ3) is 3.52. The molecule has 0 radical (unpaired) electrons. The minimum absolute atomic E-state index is 0.526. The van der Waals surface area contributed by atoms with E-state index >= 15 is 0 Å². The molecule has 0 bridgehead atoms. The summed E-state index contributed by atoms with van der Waals surface area (Å²) >= 11 is 1.83. The van der Waals surface area contributed by atoms with Crippen molar-refractivity contribution in [2.45, 2.75) is 25.3 Å². The summed E-state index contributed by atoms with van der Waals surface area (Å²) in [5.41, 5.74) is 0. The largest absolute Gasteiger partial charge is 0.356 e. The molecule has 1 N–H and O–H groups in total. The Morgan fingerprint density at radius 3 is 2.95 bits per heavy atom. The molecule has 1 fully saturated rings. The van der Waals surface area contributed by atoms with E-state index in [4.69, 9.17) is 0 Å². The van der Waals surface area contributed by atoms with Crippen molar-refractivity contribution in [2.75, 3.05) is 39.8 Å². The third-order valence-corrected chi connectivity index (χ3v) is 5.74. The summed E-state index contributed by atoms with van der Waals surface area (Å²) < 4.78 is 0. The predicted octanol–water partition coefficient (Wildman–Crippen LogP) is 2.37. The average molecular weight is 318 g/mol. The third-order valence-electron chi connectivity index (χ3n) is 4.63. The number of likely N-dealkylation sites (tertiary alicyclic amines) is 1. The maximum Gasteiger partial charge on any atom is 0.193 e. The van der Waals surface area contributed by atoms with E-state index < -0.39 is 0 Å². The zero-order valence-corrected chi connectivity index (χ0v) is 14.4. The van der Waals surface area contributed by atoms with Gasteiger partial charge in [0.15, 0.2) is 5.96 Å². The molecule has 1 saturated heterocycles. The highest BCUT2D eigenvalue weighted by Gasteiger charge is 2.29. The molecule has 2 aliphatic heterocycles. The Balaban J connectivity index is 1.50. The first-order valence-corrected chi connectivity index (χ1v) is 9.04. The van der Waals surface area contributed by atoms with Gasteiger partial charge < -0.3 is 10.2 Å². The lowest BCUT2D eigenvalue weighted by Gasteiger charge is -2.26. The monoisotopic (exact) mass is 318 g/mol. The molecule has 2 unspecified atom stereocenters. The number of hydrogen-bond donors (Lipinski definition) is 1. The first-order valence-electron chi connectivity index (χ1n) is 8.16. The summed E-state index contributed by atoms with van der Waals surface area (Å²) in [6.45, 7) is 7.64. The Bertz CT molecular complexity index is 515. The Morgan fingerprint density at radius 2 is 2.27 bits per heavy atom. The van der Waals surface area contributed by atoms with E-state index in [9.17, 15) is 0 Å². The normalized spacial score (nSPS) is 24.2. The van der Waals surface area contributed by atoms with Crippen LogP contribution < -0.4 is 5.32 Å². The fourth-order valence-electron chi connectivity index (χ4n) is 3.27. The zero-order valence-electron chi connectivity index (χ0n) is 13.5. The van der Waals surface area contributed by atoms with Crippen LogP contribution in [0, 0.1) is 0 Å². The molecule has 2 aliphatic rings. The van der Waals surface area contributed by atoms with Gasteiger partial charge >= 0.3 is 0 Å². The topological polar surface area (TPSA) is 30.9 Å². The van der Waals surface area contributed by atoms with Crippen molar-refractivity contribution in [1.29, 1.82) is 0 Å². The molecule has 1 aromatic heterocycles. The van der Waals surface area contributed by atoms with Gasteiger partial charge in [0.2, 0.25) is 0 Å². The number of hydrogen-bond acceptors (Lipinski definition) is 3. The van der Waals surface area contributed by atoms with Crippen molar-refractivity contribution in [3.05, 3.63) is 34.5 Å². The predicted molar refractivity (Wildman–Crippen MR) is 94.8 cm³/mol. The second-order valence-electron chi connectivity index (χ2n) is 6.16. The van der Waals surface area contributed by atoms with Gasteiger partial charge in [0.05, 0.1) is 0 Å². The molecule has 1 aromatic rings. The summed E-state index contributed by atoms with van der Waals surface area (Å²) in [4.78, 5) is 10.9. The number of nitrogens with one attached hydrogen (secondary N) is 1. The average Bonchev–Trinajstić information content (AvgIpc) is 3.27. The fourth-order valence-corrected chi connectivity index (χ4v) is 4.06. The highest BCUT2D eigenvalue weighted by molar-refractivity contribution is 7.10. The van der Waals surface area contributed by atoms with Crippen LogP contribution in [0.5, 0.6) is 0 Å². The van der Waals surface area contributed by atoms with Crippen LogP contribution in [0.25, 0.3) is 0 Å². The van der Waals surface area contributed by atoms with Gasteiger partial charge in [0.1, 0.15) is 0 Å².